The minimum atomic E-state index is 0.143. The van der Waals surface area contributed by atoms with Gasteiger partial charge in [0.25, 0.3) is 0 Å². The summed E-state index contributed by atoms with van der Waals surface area (Å²) in [6.07, 6.45) is 5.82. The van der Waals surface area contributed by atoms with Gasteiger partial charge in [-0.25, -0.2) is 0 Å². The maximum atomic E-state index is 2.59. The van der Waals surface area contributed by atoms with Gasteiger partial charge in [-0.1, -0.05) is 54.1 Å². The van der Waals surface area contributed by atoms with Crippen molar-refractivity contribution in [2.45, 2.75) is 45.7 Å². The number of nitrogens with zero attached hydrogens (tertiary/aromatic N) is 1. The second-order valence-electron chi connectivity index (χ2n) is 7.78. The van der Waals surface area contributed by atoms with Crippen LogP contribution in [0.2, 0.25) is 0 Å². The predicted octanol–water partition coefficient (Wildman–Crippen LogP) is 5.90. The standard InChI is InChI=1S/C23H25N/c1-16-12-17(2)24-22(13-16)21-14-19(18-8-6-5-7-9-18)10-11-20(21)15-23(24,3)4/h5-14,22H,15H2,1-4H3. The zero-order chi connectivity index (χ0) is 16.9. The third-order valence-electron chi connectivity index (χ3n) is 5.36. The molecule has 2 aromatic rings. The molecule has 0 radical (unpaired) electrons. The first-order valence-corrected chi connectivity index (χ1v) is 8.80. The van der Waals surface area contributed by atoms with E-state index in [0.717, 1.165) is 6.42 Å². The van der Waals surface area contributed by atoms with Crippen LogP contribution in [0.1, 0.15) is 44.9 Å². The van der Waals surface area contributed by atoms with Crippen molar-refractivity contribution in [2.75, 3.05) is 0 Å². The van der Waals surface area contributed by atoms with Crippen LogP contribution in [0.4, 0.5) is 0 Å². The Morgan fingerprint density at radius 2 is 1.71 bits per heavy atom. The van der Waals surface area contributed by atoms with Crippen molar-refractivity contribution < 1.29 is 0 Å². The molecule has 0 fully saturated rings. The molecule has 0 saturated carbocycles. The monoisotopic (exact) mass is 315 g/mol. The Morgan fingerprint density at radius 3 is 2.46 bits per heavy atom. The third kappa shape index (κ3) is 2.39. The zero-order valence-electron chi connectivity index (χ0n) is 15.0. The first kappa shape index (κ1) is 15.3. The van der Waals surface area contributed by atoms with E-state index >= 15 is 0 Å². The van der Waals surface area contributed by atoms with E-state index in [-0.39, 0.29) is 5.54 Å². The fourth-order valence-corrected chi connectivity index (χ4v) is 4.47. The average molecular weight is 315 g/mol. The van der Waals surface area contributed by atoms with Crippen LogP contribution in [0.3, 0.4) is 0 Å². The molecule has 1 unspecified atom stereocenters. The van der Waals surface area contributed by atoms with Crippen LogP contribution < -0.4 is 0 Å². The summed E-state index contributed by atoms with van der Waals surface area (Å²) >= 11 is 0. The summed E-state index contributed by atoms with van der Waals surface area (Å²) in [5.41, 5.74) is 8.43. The molecule has 4 rings (SSSR count). The lowest BCUT2D eigenvalue weighted by Crippen LogP contribution is -2.50. The molecule has 0 spiro atoms. The van der Waals surface area contributed by atoms with Crippen LogP contribution >= 0.6 is 0 Å². The molecular formula is C23H25N. The van der Waals surface area contributed by atoms with Crippen LogP contribution in [0.15, 0.2) is 72.0 Å². The first-order valence-electron chi connectivity index (χ1n) is 8.80. The highest BCUT2D eigenvalue weighted by Gasteiger charge is 2.39. The topological polar surface area (TPSA) is 3.24 Å². The number of hydrogen-bond acceptors (Lipinski definition) is 1. The fraction of sp³-hybridized carbons (Fsp3) is 0.304. The summed E-state index contributed by atoms with van der Waals surface area (Å²) < 4.78 is 0. The number of allylic oxidation sites excluding steroid dienone is 3. The molecule has 1 heteroatoms. The molecule has 0 amide bonds. The van der Waals surface area contributed by atoms with Crippen molar-refractivity contribution in [1.82, 2.24) is 4.90 Å². The molecule has 0 aromatic heterocycles. The third-order valence-corrected chi connectivity index (χ3v) is 5.36. The fourth-order valence-electron chi connectivity index (χ4n) is 4.47. The molecule has 122 valence electrons. The van der Waals surface area contributed by atoms with Gasteiger partial charge in [0.15, 0.2) is 0 Å². The van der Waals surface area contributed by atoms with Gasteiger partial charge in [0.2, 0.25) is 0 Å². The molecule has 1 nitrogen and oxygen atoms in total. The van der Waals surface area contributed by atoms with E-state index in [0.29, 0.717) is 6.04 Å². The SMILES string of the molecule is CC1=CC2c3cc(-c4ccccc4)ccc3CC(C)(C)N2C(C)=C1. The quantitative estimate of drug-likeness (QED) is 0.633. The van der Waals surface area contributed by atoms with E-state index < -0.39 is 0 Å². The minimum absolute atomic E-state index is 0.143. The lowest BCUT2D eigenvalue weighted by Gasteiger charge is -2.51. The largest absolute Gasteiger partial charge is 0.359 e. The highest BCUT2D eigenvalue weighted by molar-refractivity contribution is 5.66. The van der Waals surface area contributed by atoms with Crippen LogP contribution in [0, 0.1) is 0 Å². The Hall–Kier alpha value is -2.28. The first-order chi connectivity index (χ1) is 11.5. The summed E-state index contributed by atoms with van der Waals surface area (Å²) in [5, 5.41) is 0. The summed E-state index contributed by atoms with van der Waals surface area (Å²) in [6, 6.07) is 18.1. The van der Waals surface area contributed by atoms with Crippen LogP contribution in [0.25, 0.3) is 11.1 Å². The summed E-state index contributed by atoms with van der Waals surface area (Å²) in [6.45, 7) is 9.18. The summed E-state index contributed by atoms with van der Waals surface area (Å²) in [5.74, 6) is 0. The van der Waals surface area contributed by atoms with Gasteiger partial charge in [-0.15, -0.1) is 0 Å². The van der Waals surface area contributed by atoms with Gasteiger partial charge < -0.3 is 4.90 Å². The lowest BCUT2D eigenvalue weighted by molar-refractivity contribution is 0.115. The van der Waals surface area contributed by atoms with Gasteiger partial charge in [-0.3, -0.25) is 0 Å². The maximum Gasteiger partial charge on any atom is 0.0737 e. The van der Waals surface area contributed by atoms with Gasteiger partial charge >= 0.3 is 0 Å². The van der Waals surface area contributed by atoms with E-state index in [1.54, 1.807) is 0 Å². The molecule has 2 aromatic carbocycles. The minimum Gasteiger partial charge on any atom is -0.359 e. The van der Waals surface area contributed by atoms with E-state index in [9.17, 15) is 0 Å². The smallest absolute Gasteiger partial charge is 0.0737 e. The second kappa shape index (κ2) is 5.37. The van der Waals surface area contributed by atoms with Crippen molar-refractivity contribution in [1.29, 1.82) is 0 Å². The van der Waals surface area contributed by atoms with Crippen LogP contribution in [-0.4, -0.2) is 10.4 Å². The molecule has 0 saturated heterocycles. The van der Waals surface area contributed by atoms with Gasteiger partial charge in [0.05, 0.1) is 6.04 Å². The van der Waals surface area contributed by atoms with Crippen molar-refractivity contribution in [3.8, 4) is 11.1 Å². The Bertz CT molecular complexity index is 840. The Labute approximate surface area is 145 Å². The summed E-state index contributed by atoms with van der Waals surface area (Å²) in [4.78, 5) is 2.59. The summed E-state index contributed by atoms with van der Waals surface area (Å²) in [7, 11) is 0. The molecule has 0 bridgehead atoms. The van der Waals surface area contributed by atoms with Gasteiger partial charge in [0, 0.05) is 11.2 Å². The highest BCUT2D eigenvalue weighted by Crippen LogP contribution is 2.45. The van der Waals surface area contributed by atoms with E-state index in [1.165, 1.54) is 33.5 Å². The Kier molecular flexibility index (Phi) is 3.42. The van der Waals surface area contributed by atoms with Gasteiger partial charge in [-0.05, 0) is 68.5 Å². The Morgan fingerprint density at radius 1 is 0.958 bits per heavy atom. The van der Waals surface area contributed by atoms with Gasteiger partial charge in [0.1, 0.15) is 0 Å². The van der Waals surface area contributed by atoms with Crippen molar-refractivity contribution in [2.24, 2.45) is 0 Å². The van der Waals surface area contributed by atoms with E-state index in [2.05, 4.69) is 93.3 Å². The maximum absolute atomic E-state index is 2.59. The number of rotatable bonds is 1. The molecule has 0 N–H and O–H groups in total. The molecule has 24 heavy (non-hydrogen) atoms. The van der Waals surface area contributed by atoms with Crippen molar-refractivity contribution in [3.63, 3.8) is 0 Å². The van der Waals surface area contributed by atoms with E-state index in [4.69, 9.17) is 0 Å². The van der Waals surface area contributed by atoms with Gasteiger partial charge in [-0.2, -0.15) is 0 Å². The Balaban J connectivity index is 1.87. The number of hydrogen-bond donors (Lipinski definition) is 0. The molecule has 0 aliphatic carbocycles. The van der Waals surface area contributed by atoms with E-state index in [1.807, 2.05) is 0 Å². The highest BCUT2D eigenvalue weighted by atomic mass is 15.2. The van der Waals surface area contributed by atoms with Crippen molar-refractivity contribution >= 4 is 0 Å². The number of fused-ring (bicyclic) bond motifs is 3. The van der Waals surface area contributed by atoms with Crippen LogP contribution in [-0.2, 0) is 6.42 Å². The molecule has 2 aliphatic rings. The lowest BCUT2D eigenvalue weighted by atomic mass is 9.78. The predicted molar refractivity (Wildman–Crippen MR) is 102 cm³/mol. The normalized spacial score (nSPS) is 21.5. The molecular weight excluding hydrogens is 290 g/mol. The van der Waals surface area contributed by atoms with Crippen molar-refractivity contribution in [3.05, 3.63) is 83.1 Å². The average Bonchev–Trinajstić information content (AvgIpc) is 2.54. The molecule has 2 aliphatic heterocycles. The van der Waals surface area contributed by atoms with Crippen LogP contribution in [0.5, 0.6) is 0 Å². The number of benzene rings is 2. The molecule has 1 atom stereocenters. The molecule has 2 heterocycles. The zero-order valence-corrected chi connectivity index (χ0v) is 15.0. The second-order valence-corrected chi connectivity index (χ2v) is 7.78.